The first-order valence-electron chi connectivity index (χ1n) is 6.95. The highest BCUT2D eigenvalue weighted by Gasteiger charge is 2.32. The predicted molar refractivity (Wildman–Crippen MR) is 78.2 cm³/mol. The molecule has 0 radical (unpaired) electrons. The summed E-state index contributed by atoms with van der Waals surface area (Å²) in [4.78, 5) is 18.4. The van der Waals surface area contributed by atoms with Gasteiger partial charge in [0.25, 0.3) is 0 Å². The van der Waals surface area contributed by atoms with Gasteiger partial charge in [0.05, 0.1) is 12.2 Å². The van der Waals surface area contributed by atoms with Gasteiger partial charge in [-0.3, -0.25) is 4.98 Å². The Balaban J connectivity index is 1.70. The summed E-state index contributed by atoms with van der Waals surface area (Å²) in [7, 11) is 0. The molecule has 5 heteroatoms. The molecule has 0 saturated heterocycles. The van der Waals surface area contributed by atoms with Gasteiger partial charge in [-0.2, -0.15) is 0 Å². The third-order valence-corrected chi connectivity index (χ3v) is 3.38. The summed E-state index contributed by atoms with van der Waals surface area (Å²) in [6, 6.07) is 11.6. The van der Waals surface area contributed by atoms with E-state index in [2.05, 4.69) is 10.3 Å². The minimum atomic E-state index is -0.365. The van der Waals surface area contributed by atoms with Gasteiger partial charge in [-0.25, -0.2) is 9.18 Å². The average Bonchev–Trinajstić information content (AvgIpc) is 3.30. The van der Waals surface area contributed by atoms with E-state index in [0.717, 1.165) is 18.5 Å². The van der Waals surface area contributed by atoms with Crippen LogP contribution in [-0.2, 0) is 6.54 Å². The van der Waals surface area contributed by atoms with Gasteiger partial charge in [-0.15, -0.1) is 0 Å². The maximum absolute atomic E-state index is 13.2. The van der Waals surface area contributed by atoms with Crippen molar-refractivity contribution in [2.24, 2.45) is 0 Å². The van der Waals surface area contributed by atoms with Gasteiger partial charge >= 0.3 is 6.03 Å². The van der Waals surface area contributed by atoms with Crippen LogP contribution in [0.2, 0.25) is 0 Å². The van der Waals surface area contributed by atoms with Crippen molar-refractivity contribution < 1.29 is 9.18 Å². The number of nitrogens with one attached hydrogen (secondary N) is 1. The van der Waals surface area contributed by atoms with E-state index in [1.54, 1.807) is 23.2 Å². The molecule has 1 aliphatic carbocycles. The smallest absolute Gasteiger partial charge is 0.316 e. The fourth-order valence-corrected chi connectivity index (χ4v) is 2.18. The molecule has 4 nitrogen and oxygen atoms in total. The third-order valence-electron chi connectivity index (χ3n) is 3.38. The Hall–Kier alpha value is -2.43. The van der Waals surface area contributed by atoms with Crippen LogP contribution >= 0.6 is 0 Å². The minimum absolute atomic E-state index is 0.214. The van der Waals surface area contributed by atoms with Crippen LogP contribution in [0.25, 0.3) is 0 Å². The lowest BCUT2D eigenvalue weighted by Crippen LogP contribution is -2.36. The predicted octanol–water partition coefficient (Wildman–Crippen LogP) is 3.42. The van der Waals surface area contributed by atoms with E-state index >= 15 is 0 Å². The largest absolute Gasteiger partial charge is 0.322 e. The van der Waals surface area contributed by atoms with Gasteiger partial charge < -0.3 is 10.2 Å². The number of hydrogen-bond donors (Lipinski definition) is 1. The van der Waals surface area contributed by atoms with Crippen LogP contribution in [0.1, 0.15) is 18.5 Å². The quantitative estimate of drug-likeness (QED) is 0.935. The number of rotatable bonds is 4. The van der Waals surface area contributed by atoms with Crippen molar-refractivity contribution >= 4 is 11.7 Å². The van der Waals surface area contributed by atoms with E-state index < -0.39 is 0 Å². The summed E-state index contributed by atoms with van der Waals surface area (Å²) in [5.41, 5.74) is 1.31. The molecule has 0 bridgehead atoms. The van der Waals surface area contributed by atoms with Crippen LogP contribution in [-0.4, -0.2) is 22.0 Å². The van der Waals surface area contributed by atoms with E-state index in [1.807, 2.05) is 18.2 Å². The molecule has 1 saturated carbocycles. The van der Waals surface area contributed by atoms with Gasteiger partial charge in [0.2, 0.25) is 0 Å². The zero-order valence-electron chi connectivity index (χ0n) is 11.5. The van der Waals surface area contributed by atoms with Crippen molar-refractivity contribution in [3.8, 4) is 0 Å². The first-order valence-corrected chi connectivity index (χ1v) is 6.95. The minimum Gasteiger partial charge on any atom is -0.316 e. The van der Waals surface area contributed by atoms with Crippen molar-refractivity contribution in [2.75, 3.05) is 5.32 Å². The molecule has 1 N–H and O–H groups in total. The Morgan fingerprint density at radius 3 is 2.81 bits per heavy atom. The van der Waals surface area contributed by atoms with Crippen molar-refractivity contribution in [1.29, 1.82) is 0 Å². The normalized spacial score (nSPS) is 13.8. The van der Waals surface area contributed by atoms with Crippen LogP contribution < -0.4 is 5.32 Å². The maximum Gasteiger partial charge on any atom is 0.322 e. The van der Waals surface area contributed by atoms with Gasteiger partial charge in [0, 0.05) is 17.9 Å². The molecule has 0 atom stereocenters. The van der Waals surface area contributed by atoms with Crippen LogP contribution in [0.4, 0.5) is 14.9 Å². The first kappa shape index (κ1) is 13.5. The summed E-state index contributed by atoms with van der Waals surface area (Å²) >= 11 is 0. The van der Waals surface area contributed by atoms with Crippen LogP contribution in [0.15, 0.2) is 48.7 Å². The van der Waals surface area contributed by atoms with Gasteiger partial charge in [-0.1, -0.05) is 12.1 Å². The fraction of sp³-hybridized carbons (Fsp3) is 0.250. The molecule has 0 spiro atoms. The lowest BCUT2D eigenvalue weighted by atomic mass is 10.3. The molecule has 1 aliphatic rings. The number of urea groups is 1. The van der Waals surface area contributed by atoms with Gasteiger partial charge in [0.15, 0.2) is 0 Å². The Morgan fingerprint density at radius 1 is 1.29 bits per heavy atom. The number of aromatic nitrogens is 1. The number of amides is 2. The summed E-state index contributed by atoms with van der Waals surface area (Å²) in [6.45, 7) is 0.465. The SMILES string of the molecule is O=C(Nc1cccc(F)c1)N(Cc1ccccn1)C1CC1. The number of carbonyl (C=O) groups is 1. The molecule has 1 aromatic carbocycles. The van der Waals surface area contributed by atoms with Crippen LogP contribution in [0.3, 0.4) is 0 Å². The van der Waals surface area contributed by atoms with Crippen LogP contribution in [0.5, 0.6) is 0 Å². The van der Waals surface area contributed by atoms with Crippen molar-refractivity contribution in [3.05, 3.63) is 60.2 Å². The number of benzene rings is 1. The molecule has 1 fully saturated rings. The topological polar surface area (TPSA) is 45.2 Å². The summed E-state index contributed by atoms with van der Waals surface area (Å²) in [5.74, 6) is -0.365. The van der Waals surface area contributed by atoms with E-state index in [9.17, 15) is 9.18 Å². The van der Waals surface area contributed by atoms with Crippen molar-refractivity contribution in [2.45, 2.75) is 25.4 Å². The molecule has 108 valence electrons. The van der Waals surface area contributed by atoms with E-state index in [1.165, 1.54) is 12.1 Å². The summed E-state index contributed by atoms with van der Waals surface area (Å²) in [6.07, 6.45) is 3.72. The lowest BCUT2D eigenvalue weighted by Gasteiger charge is -2.22. The highest BCUT2D eigenvalue weighted by Crippen LogP contribution is 2.28. The number of anilines is 1. The monoisotopic (exact) mass is 285 g/mol. The molecule has 0 unspecified atom stereocenters. The molecule has 2 amide bonds. The third kappa shape index (κ3) is 3.56. The van der Waals surface area contributed by atoms with E-state index in [-0.39, 0.29) is 17.9 Å². The average molecular weight is 285 g/mol. The highest BCUT2D eigenvalue weighted by molar-refractivity contribution is 5.89. The molecule has 2 aromatic rings. The molecular weight excluding hydrogens is 269 g/mol. The van der Waals surface area contributed by atoms with E-state index in [4.69, 9.17) is 0 Å². The molecule has 1 heterocycles. The fourth-order valence-electron chi connectivity index (χ4n) is 2.18. The first-order chi connectivity index (χ1) is 10.2. The molecule has 3 rings (SSSR count). The highest BCUT2D eigenvalue weighted by atomic mass is 19.1. The Kier molecular flexibility index (Phi) is 3.81. The van der Waals surface area contributed by atoms with Gasteiger partial charge in [-0.05, 0) is 43.2 Å². The summed E-state index contributed by atoms with van der Waals surface area (Å²) < 4.78 is 13.2. The molecular formula is C16H16FN3O. The molecule has 1 aromatic heterocycles. The number of hydrogen-bond acceptors (Lipinski definition) is 2. The van der Waals surface area contributed by atoms with Gasteiger partial charge in [0.1, 0.15) is 5.82 Å². The number of carbonyl (C=O) groups excluding carboxylic acids is 1. The Morgan fingerprint density at radius 2 is 2.14 bits per heavy atom. The summed E-state index contributed by atoms with van der Waals surface area (Å²) in [5, 5.41) is 2.74. The zero-order valence-corrected chi connectivity index (χ0v) is 11.5. The maximum atomic E-state index is 13.2. The molecule has 21 heavy (non-hydrogen) atoms. The van der Waals surface area contributed by atoms with E-state index in [0.29, 0.717) is 12.2 Å². The zero-order chi connectivity index (χ0) is 14.7. The standard InChI is InChI=1S/C16H16FN3O/c17-12-4-3-6-13(10-12)19-16(21)20(15-7-8-15)11-14-5-1-2-9-18-14/h1-6,9-10,15H,7-8,11H2,(H,19,21). The Labute approximate surface area is 122 Å². The number of halogens is 1. The second kappa shape index (κ2) is 5.91. The number of nitrogens with zero attached hydrogens (tertiary/aromatic N) is 2. The van der Waals surface area contributed by atoms with Crippen LogP contribution in [0, 0.1) is 5.82 Å². The molecule has 0 aliphatic heterocycles. The second-order valence-electron chi connectivity index (χ2n) is 5.12. The van der Waals surface area contributed by atoms with Crippen molar-refractivity contribution in [3.63, 3.8) is 0 Å². The van der Waals surface area contributed by atoms with Crippen molar-refractivity contribution in [1.82, 2.24) is 9.88 Å². The Bertz CT molecular complexity index is 628. The number of pyridine rings is 1. The lowest BCUT2D eigenvalue weighted by molar-refractivity contribution is 0.205. The second-order valence-corrected chi connectivity index (χ2v) is 5.12.